The summed E-state index contributed by atoms with van der Waals surface area (Å²) in [6.07, 6.45) is 0.717. The van der Waals surface area contributed by atoms with Crippen molar-refractivity contribution in [3.63, 3.8) is 0 Å². The van der Waals surface area contributed by atoms with Crippen LogP contribution in [0.2, 0.25) is 5.15 Å². The maximum absolute atomic E-state index is 11.7. The van der Waals surface area contributed by atoms with E-state index in [9.17, 15) is 9.59 Å². The highest BCUT2D eigenvalue weighted by Gasteiger charge is 2.08. The quantitative estimate of drug-likeness (QED) is 0.873. The summed E-state index contributed by atoms with van der Waals surface area (Å²) in [7, 11) is 0. The van der Waals surface area contributed by atoms with Crippen LogP contribution in [0.15, 0.2) is 46.0 Å². The van der Waals surface area contributed by atoms with Gasteiger partial charge in [-0.3, -0.25) is 14.3 Å². The molecule has 5 heteroatoms. The fourth-order valence-electron chi connectivity index (χ4n) is 1.97. The van der Waals surface area contributed by atoms with Gasteiger partial charge < -0.3 is 0 Å². The minimum atomic E-state index is -0.460. The molecule has 2 rings (SSSR count). The predicted molar refractivity (Wildman–Crippen MR) is 75.8 cm³/mol. The molecule has 1 unspecified atom stereocenters. The molecule has 1 atom stereocenters. The first-order chi connectivity index (χ1) is 9.08. The molecule has 1 aromatic heterocycles. The van der Waals surface area contributed by atoms with Gasteiger partial charge in [0.1, 0.15) is 5.15 Å². The van der Waals surface area contributed by atoms with E-state index in [1.165, 1.54) is 16.2 Å². The van der Waals surface area contributed by atoms with Crippen LogP contribution in [0.5, 0.6) is 0 Å². The van der Waals surface area contributed by atoms with Crippen LogP contribution >= 0.6 is 11.6 Å². The van der Waals surface area contributed by atoms with Crippen LogP contribution in [0.25, 0.3) is 0 Å². The van der Waals surface area contributed by atoms with Gasteiger partial charge in [-0.1, -0.05) is 48.9 Å². The Morgan fingerprint density at radius 2 is 1.95 bits per heavy atom. The van der Waals surface area contributed by atoms with Crippen molar-refractivity contribution < 1.29 is 0 Å². The Morgan fingerprint density at radius 1 is 1.26 bits per heavy atom. The standard InChI is InChI=1S/C14H15ClN2O2/c1-10(11-5-3-2-4-6-11)7-8-17-13(18)9-12(15)16-14(17)19/h2-6,9-10H,7-8H2,1H3,(H,16,19). The Bertz CT molecular complexity index is 630. The molecule has 1 heterocycles. The molecule has 0 aliphatic rings. The van der Waals surface area contributed by atoms with Crippen molar-refractivity contribution in [3.05, 3.63) is 68.0 Å². The summed E-state index contributed by atoms with van der Waals surface area (Å²) in [6, 6.07) is 11.2. The van der Waals surface area contributed by atoms with Crippen molar-refractivity contribution >= 4 is 11.6 Å². The summed E-state index contributed by atoms with van der Waals surface area (Å²) in [5.41, 5.74) is 0.368. The maximum Gasteiger partial charge on any atom is 0.329 e. The molecule has 0 fully saturated rings. The number of halogens is 1. The number of aromatic nitrogens is 2. The first kappa shape index (κ1) is 13.6. The Labute approximate surface area is 115 Å². The largest absolute Gasteiger partial charge is 0.329 e. The van der Waals surface area contributed by atoms with E-state index < -0.39 is 5.69 Å². The Morgan fingerprint density at radius 3 is 2.58 bits per heavy atom. The van der Waals surface area contributed by atoms with Gasteiger partial charge in [0.2, 0.25) is 0 Å². The zero-order valence-electron chi connectivity index (χ0n) is 10.6. The zero-order chi connectivity index (χ0) is 13.8. The minimum absolute atomic E-state index is 0.0716. The van der Waals surface area contributed by atoms with Gasteiger partial charge >= 0.3 is 5.69 Å². The number of H-pyrrole nitrogens is 1. The third-order valence-electron chi connectivity index (χ3n) is 3.14. The molecule has 0 aliphatic carbocycles. The number of aromatic amines is 1. The molecule has 2 aromatic rings. The lowest BCUT2D eigenvalue weighted by atomic mass is 9.98. The highest BCUT2D eigenvalue weighted by atomic mass is 35.5. The average Bonchev–Trinajstić information content (AvgIpc) is 2.38. The van der Waals surface area contributed by atoms with Crippen molar-refractivity contribution in [2.24, 2.45) is 0 Å². The van der Waals surface area contributed by atoms with Gasteiger partial charge in [-0.15, -0.1) is 0 Å². The molecular weight excluding hydrogens is 264 g/mol. The van der Waals surface area contributed by atoms with E-state index in [0.29, 0.717) is 13.0 Å². The Kier molecular flexibility index (Phi) is 4.22. The molecule has 1 N–H and O–H groups in total. The van der Waals surface area contributed by atoms with Gasteiger partial charge in [0.15, 0.2) is 0 Å². The fourth-order valence-corrected chi connectivity index (χ4v) is 2.15. The van der Waals surface area contributed by atoms with Crippen LogP contribution in [0.3, 0.4) is 0 Å². The first-order valence-corrected chi connectivity index (χ1v) is 6.50. The van der Waals surface area contributed by atoms with E-state index in [2.05, 4.69) is 11.9 Å². The summed E-state index contributed by atoms with van der Waals surface area (Å²) in [5, 5.41) is 0.0716. The second-order valence-electron chi connectivity index (χ2n) is 4.51. The summed E-state index contributed by atoms with van der Waals surface area (Å²) in [4.78, 5) is 25.7. The third-order valence-corrected chi connectivity index (χ3v) is 3.35. The number of hydrogen-bond donors (Lipinski definition) is 1. The van der Waals surface area contributed by atoms with E-state index >= 15 is 0 Å². The topological polar surface area (TPSA) is 54.9 Å². The van der Waals surface area contributed by atoms with Crippen LogP contribution in [0, 0.1) is 0 Å². The molecular formula is C14H15ClN2O2. The Balaban J connectivity index is 2.12. The van der Waals surface area contributed by atoms with E-state index in [4.69, 9.17) is 11.6 Å². The zero-order valence-corrected chi connectivity index (χ0v) is 11.4. The molecule has 0 amide bonds. The molecule has 0 spiro atoms. The van der Waals surface area contributed by atoms with Crippen molar-refractivity contribution in [3.8, 4) is 0 Å². The summed E-state index contributed by atoms with van der Waals surface area (Å²) in [6.45, 7) is 2.45. The van der Waals surface area contributed by atoms with Gasteiger partial charge in [0, 0.05) is 12.6 Å². The molecule has 0 bridgehead atoms. The van der Waals surface area contributed by atoms with Gasteiger partial charge in [-0.2, -0.15) is 0 Å². The fraction of sp³-hybridized carbons (Fsp3) is 0.286. The summed E-state index contributed by atoms with van der Waals surface area (Å²) < 4.78 is 1.17. The van der Waals surface area contributed by atoms with E-state index in [1.54, 1.807) is 0 Å². The molecule has 0 saturated carbocycles. The van der Waals surface area contributed by atoms with Gasteiger partial charge in [-0.05, 0) is 17.9 Å². The number of hydrogen-bond acceptors (Lipinski definition) is 2. The molecule has 0 saturated heterocycles. The lowest BCUT2D eigenvalue weighted by molar-refractivity contribution is 0.542. The summed E-state index contributed by atoms with van der Waals surface area (Å²) in [5.74, 6) is 0.281. The molecule has 100 valence electrons. The second-order valence-corrected chi connectivity index (χ2v) is 4.92. The monoisotopic (exact) mass is 278 g/mol. The SMILES string of the molecule is CC(CCn1c(=O)cc(Cl)[nH]c1=O)c1ccccc1. The molecule has 0 aliphatic heterocycles. The predicted octanol–water partition coefficient (Wildman–Crippen LogP) is 2.38. The van der Waals surface area contributed by atoms with E-state index in [1.807, 2.05) is 30.3 Å². The molecule has 19 heavy (non-hydrogen) atoms. The third kappa shape index (κ3) is 3.35. The lowest BCUT2D eigenvalue weighted by Gasteiger charge is -2.12. The van der Waals surface area contributed by atoms with Crippen LogP contribution in [-0.2, 0) is 6.54 Å². The van der Waals surface area contributed by atoms with Crippen molar-refractivity contribution in [1.29, 1.82) is 0 Å². The maximum atomic E-state index is 11.7. The van der Waals surface area contributed by atoms with Gasteiger partial charge in [0.25, 0.3) is 5.56 Å². The lowest BCUT2D eigenvalue weighted by Crippen LogP contribution is -2.34. The van der Waals surface area contributed by atoms with E-state index in [-0.39, 0.29) is 16.6 Å². The van der Waals surface area contributed by atoms with Crippen LogP contribution in [0.4, 0.5) is 0 Å². The van der Waals surface area contributed by atoms with E-state index in [0.717, 1.165) is 0 Å². The van der Waals surface area contributed by atoms with Gasteiger partial charge in [0.05, 0.1) is 0 Å². The minimum Gasteiger partial charge on any atom is -0.298 e. The number of nitrogens with zero attached hydrogens (tertiary/aromatic N) is 1. The van der Waals surface area contributed by atoms with Crippen molar-refractivity contribution in [2.75, 3.05) is 0 Å². The van der Waals surface area contributed by atoms with Crippen molar-refractivity contribution in [1.82, 2.24) is 9.55 Å². The second kappa shape index (κ2) is 5.89. The smallest absolute Gasteiger partial charge is 0.298 e. The molecule has 4 nitrogen and oxygen atoms in total. The van der Waals surface area contributed by atoms with Gasteiger partial charge in [-0.25, -0.2) is 4.79 Å². The van der Waals surface area contributed by atoms with Crippen LogP contribution < -0.4 is 11.2 Å². The number of nitrogens with one attached hydrogen (secondary N) is 1. The average molecular weight is 279 g/mol. The Hall–Kier alpha value is -1.81. The highest BCUT2D eigenvalue weighted by molar-refractivity contribution is 6.29. The first-order valence-electron chi connectivity index (χ1n) is 6.12. The van der Waals surface area contributed by atoms with Crippen LogP contribution in [-0.4, -0.2) is 9.55 Å². The summed E-state index contributed by atoms with van der Waals surface area (Å²) >= 11 is 5.61. The number of benzene rings is 1. The van der Waals surface area contributed by atoms with Crippen molar-refractivity contribution in [2.45, 2.75) is 25.8 Å². The van der Waals surface area contributed by atoms with Crippen LogP contribution in [0.1, 0.15) is 24.8 Å². The highest BCUT2D eigenvalue weighted by Crippen LogP contribution is 2.18. The molecule has 1 aromatic carbocycles. The molecule has 0 radical (unpaired) electrons. The number of rotatable bonds is 4. The normalized spacial score (nSPS) is 12.3.